The van der Waals surface area contributed by atoms with E-state index in [-0.39, 0.29) is 46.5 Å². The third-order valence-electron chi connectivity index (χ3n) is 0. The Bertz CT molecular complexity index is 3.25. The van der Waals surface area contributed by atoms with E-state index in [2.05, 4.69) is 0 Å². The van der Waals surface area contributed by atoms with Crippen LogP contribution in [-0.2, 0) is 27.7 Å². The van der Waals surface area contributed by atoms with Gasteiger partial charge in [-0.3, -0.25) is 0 Å². The van der Waals surface area contributed by atoms with Crippen molar-refractivity contribution in [1.29, 1.82) is 0 Å². The van der Waals surface area contributed by atoms with Gasteiger partial charge >= 0.3 is 30.8 Å². The third-order valence-corrected chi connectivity index (χ3v) is 0. The van der Waals surface area contributed by atoms with Gasteiger partial charge < -0.3 is 0 Å². The summed E-state index contributed by atoms with van der Waals surface area (Å²) in [6, 6.07) is 0. The van der Waals surface area contributed by atoms with E-state index in [1.54, 1.807) is 0 Å². The Morgan fingerprint density at radius 1 is 1.00 bits per heavy atom. The Hall–Kier alpha value is 2.73. The second-order valence-electron chi connectivity index (χ2n) is 0. The number of hydrogen-bond donors (Lipinski definition) is 0. The fourth-order valence-corrected chi connectivity index (χ4v) is 0. The second-order valence-corrected chi connectivity index (χ2v) is 0. The zero-order valence-corrected chi connectivity index (χ0v) is 9.20. The summed E-state index contributed by atoms with van der Waals surface area (Å²) in [5, 5.41) is 0. The first-order valence-corrected chi connectivity index (χ1v) is 1.00. The predicted molar refractivity (Wildman–Crippen MR) is 17.3 cm³/mol. The van der Waals surface area contributed by atoms with Gasteiger partial charge in [-0.15, -0.1) is 0 Å². The molecular formula is HgLi3. The Kier molecular flexibility index (Phi) is 68.3. The molecule has 1 radical (unpaired) electrons. The molecular weight excluding hydrogens is 221 g/mol. The van der Waals surface area contributed by atoms with Crippen molar-refractivity contribution >= 4 is 49.6 Å². The Balaban J connectivity index is -0.00000000500. The molecule has 4 heteroatoms. The van der Waals surface area contributed by atoms with Gasteiger partial charge in [-0.05, 0) is 0 Å². The minimum atomic E-state index is 0. The number of rotatable bonds is 0. The summed E-state index contributed by atoms with van der Waals surface area (Å²) in [6.45, 7) is 0. The average Bonchev–Trinajstić information content (AvgIpc) is 1.00. The first kappa shape index (κ1) is 15.9. The van der Waals surface area contributed by atoms with Crippen molar-refractivity contribution < 1.29 is 27.7 Å². The van der Waals surface area contributed by atoms with Gasteiger partial charge in [-0.25, -0.2) is 0 Å². The van der Waals surface area contributed by atoms with Gasteiger partial charge in [0.1, 0.15) is 0 Å². The van der Waals surface area contributed by atoms with Crippen LogP contribution in [0.1, 0.15) is 0 Å². The molecule has 5 valence electrons. The molecule has 0 aliphatic heterocycles. The second kappa shape index (κ2) is 17.2. The zero-order valence-electron chi connectivity index (χ0n) is 3.71. The van der Waals surface area contributed by atoms with Gasteiger partial charge in [0.25, 0.3) is 0 Å². The summed E-state index contributed by atoms with van der Waals surface area (Å²) in [4.78, 5) is 0. The summed E-state index contributed by atoms with van der Waals surface area (Å²) in [5.74, 6) is 0. The van der Waals surface area contributed by atoms with Crippen molar-refractivity contribution in [3.05, 3.63) is 0 Å². The van der Waals surface area contributed by atoms with E-state index in [9.17, 15) is 0 Å². The maximum absolute atomic E-state index is 2.00. The fourth-order valence-electron chi connectivity index (χ4n) is 0. The molecule has 0 heterocycles. The molecule has 0 N–H and O–H groups in total. The Morgan fingerprint density at radius 2 is 1.00 bits per heavy atom. The quantitative estimate of drug-likeness (QED) is 0.454. The minimum absolute atomic E-state index is 0. The van der Waals surface area contributed by atoms with E-state index in [0.717, 1.165) is 0 Å². The standard InChI is InChI=1S/Hg.3Li. The molecule has 0 bridgehead atoms. The van der Waals surface area contributed by atoms with Crippen LogP contribution < -0.4 is 0 Å². The Labute approximate surface area is 76.0 Å². The maximum atomic E-state index is 2.00. The van der Waals surface area contributed by atoms with Crippen LogP contribution in [0.5, 0.6) is 0 Å². The van der Waals surface area contributed by atoms with Crippen LogP contribution >= 0.6 is 0 Å². The summed E-state index contributed by atoms with van der Waals surface area (Å²) in [5.41, 5.74) is 0. The molecule has 0 aromatic carbocycles. The SMILES string of the molecule is [Hg].[Li].[Li][Li]. The molecule has 0 fully saturated rings. The molecule has 0 saturated carbocycles. The summed E-state index contributed by atoms with van der Waals surface area (Å²) in [6.07, 6.45) is 0. The third kappa shape index (κ3) is 8.83. The topological polar surface area (TPSA) is 0 Å². The van der Waals surface area contributed by atoms with Gasteiger partial charge in [0.15, 0.2) is 0 Å². The van der Waals surface area contributed by atoms with Crippen LogP contribution in [0.15, 0.2) is 0 Å². The molecule has 0 aromatic heterocycles. The first-order valence-electron chi connectivity index (χ1n) is 1.00. The van der Waals surface area contributed by atoms with E-state index in [4.69, 9.17) is 0 Å². The molecule has 0 amide bonds. The molecule has 4 heavy (non-hydrogen) atoms. The van der Waals surface area contributed by atoms with Crippen molar-refractivity contribution in [3.63, 3.8) is 0 Å². The van der Waals surface area contributed by atoms with E-state index < -0.39 is 0 Å². The van der Waals surface area contributed by atoms with Crippen LogP contribution in [0.4, 0.5) is 0 Å². The van der Waals surface area contributed by atoms with Crippen molar-refractivity contribution in [2.45, 2.75) is 0 Å². The summed E-state index contributed by atoms with van der Waals surface area (Å²) >= 11 is 4.00. The van der Waals surface area contributed by atoms with Crippen LogP contribution in [-0.4, -0.2) is 49.6 Å². The van der Waals surface area contributed by atoms with Crippen LogP contribution in [0, 0.1) is 0 Å². The first-order chi connectivity index (χ1) is 1.00. The normalized spacial score (nSPS) is 2.00. The Morgan fingerprint density at radius 3 is 1.00 bits per heavy atom. The van der Waals surface area contributed by atoms with Gasteiger partial charge in [0.05, 0.1) is 0 Å². The van der Waals surface area contributed by atoms with Crippen LogP contribution in [0.25, 0.3) is 0 Å². The zero-order chi connectivity index (χ0) is 2.00. The predicted octanol–water partition coefficient (Wildman–Crippen LogP) is -1.14. The van der Waals surface area contributed by atoms with Crippen molar-refractivity contribution in [1.82, 2.24) is 0 Å². The molecule has 0 rings (SSSR count). The van der Waals surface area contributed by atoms with Crippen molar-refractivity contribution in [2.75, 3.05) is 0 Å². The van der Waals surface area contributed by atoms with Crippen molar-refractivity contribution in [3.8, 4) is 0 Å². The molecule has 0 aromatic rings. The molecule has 0 aliphatic rings. The van der Waals surface area contributed by atoms with Gasteiger partial charge in [0.2, 0.25) is 0 Å². The molecule has 0 nitrogen and oxygen atoms in total. The van der Waals surface area contributed by atoms with Gasteiger partial charge in [-0.2, -0.15) is 0 Å². The summed E-state index contributed by atoms with van der Waals surface area (Å²) < 4.78 is 0. The molecule has 0 aliphatic carbocycles. The number of hydrogen-bond acceptors (Lipinski definition) is 0. The molecule has 0 atom stereocenters. The van der Waals surface area contributed by atoms with Crippen LogP contribution in [0.3, 0.4) is 0 Å². The van der Waals surface area contributed by atoms with Crippen LogP contribution in [0.2, 0.25) is 0 Å². The molecule has 0 saturated heterocycles. The fraction of sp³-hybridized carbons (Fsp3) is 0. The van der Waals surface area contributed by atoms with E-state index in [0.29, 0.717) is 0 Å². The average molecular weight is 221 g/mol. The summed E-state index contributed by atoms with van der Waals surface area (Å²) in [7, 11) is 0. The molecule has 0 spiro atoms. The van der Waals surface area contributed by atoms with E-state index in [1.807, 2.05) is 30.8 Å². The van der Waals surface area contributed by atoms with E-state index >= 15 is 0 Å². The van der Waals surface area contributed by atoms with Gasteiger partial charge in [0, 0.05) is 46.5 Å². The monoisotopic (exact) mass is 223 g/mol. The van der Waals surface area contributed by atoms with Gasteiger partial charge in [-0.1, -0.05) is 0 Å². The van der Waals surface area contributed by atoms with Crippen molar-refractivity contribution in [2.24, 2.45) is 0 Å². The molecule has 0 unspecified atom stereocenters. The van der Waals surface area contributed by atoms with E-state index in [1.165, 1.54) is 0 Å².